The van der Waals surface area contributed by atoms with E-state index >= 15 is 0 Å². The average molecular weight is 343 g/mol. The van der Waals surface area contributed by atoms with E-state index in [0.717, 1.165) is 5.56 Å². The maximum absolute atomic E-state index is 12.2. The molecular formula is C14H15F2N3O3S. The second kappa shape index (κ2) is 6.86. The van der Waals surface area contributed by atoms with Crippen LogP contribution < -0.4 is 10.1 Å². The summed E-state index contributed by atoms with van der Waals surface area (Å²) in [5.41, 5.74) is 1.30. The molecule has 0 aliphatic rings. The Kier molecular flexibility index (Phi) is 5.09. The Morgan fingerprint density at radius 3 is 2.43 bits per heavy atom. The fraction of sp³-hybridized carbons (Fsp3) is 0.286. The Hall–Kier alpha value is -2.29. The zero-order valence-electron chi connectivity index (χ0n) is 12.5. The summed E-state index contributed by atoms with van der Waals surface area (Å²) in [6.07, 6.45) is 0. The number of nitrogens with zero attached hydrogens (tertiary/aromatic N) is 2. The molecule has 9 heteroatoms. The number of sulfone groups is 1. The van der Waals surface area contributed by atoms with Crippen LogP contribution in [-0.4, -0.2) is 30.9 Å². The standard InChI is InChI=1S/C14H15F2N3O3S/c1-9-3-5-11(6-4-9)23(20,21)8-17-14-18-10(2)7-12(19-14)22-13(15)16/h3-7,13H,8H2,1-2H3,(H,17,18,19). The van der Waals surface area contributed by atoms with E-state index in [9.17, 15) is 17.2 Å². The van der Waals surface area contributed by atoms with E-state index in [2.05, 4.69) is 20.0 Å². The van der Waals surface area contributed by atoms with Crippen molar-refractivity contribution in [2.75, 3.05) is 11.2 Å². The first-order valence-electron chi connectivity index (χ1n) is 6.60. The van der Waals surface area contributed by atoms with Crippen LogP contribution in [0.4, 0.5) is 14.7 Å². The van der Waals surface area contributed by atoms with E-state index in [1.165, 1.54) is 18.2 Å². The van der Waals surface area contributed by atoms with E-state index in [-0.39, 0.29) is 16.7 Å². The SMILES string of the molecule is Cc1ccc(S(=O)(=O)CNc2nc(C)cc(OC(F)F)n2)cc1. The molecule has 0 saturated carbocycles. The highest BCUT2D eigenvalue weighted by atomic mass is 32.2. The predicted molar refractivity (Wildman–Crippen MR) is 80.3 cm³/mol. The largest absolute Gasteiger partial charge is 0.417 e. The molecule has 2 aromatic rings. The van der Waals surface area contributed by atoms with Crippen LogP contribution in [0.3, 0.4) is 0 Å². The topological polar surface area (TPSA) is 81.2 Å². The van der Waals surface area contributed by atoms with Gasteiger partial charge in [-0.25, -0.2) is 13.4 Å². The number of rotatable bonds is 6. The summed E-state index contributed by atoms with van der Waals surface area (Å²) in [6, 6.07) is 7.59. The Labute approximate surface area is 132 Å². The summed E-state index contributed by atoms with van der Waals surface area (Å²) in [6.45, 7) is 0.382. The molecule has 0 radical (unpaired) electrons. The lowest BCUT2D eigenvalue weighted by molar-refractivity contribution is -0.0528. The molecule has 0 aliphatic heterocycles. The number of nitrogens with one attached hydrogen (secondary N) is 1. The maximum atomic E-state index is 12.2. The van der Waals surface area contributed by atoms with E-state index in [4.69, 9.17) is 0 Å². The van der Waals surface area contributed by atoms with E-state index in [0.29, 0.717) is 5.69 Å². The molecule has 1 aromatic heterocycles. The van der Waals surface area contributed by atoms with E-state index in [1.807, 2.05) is 6.92 Å². The summed E-state index contributed by atoms with van der Waals surface area (Å²) in [5.74, 6) is -0.896. The van der Waals surface area contributed by atoms with Crippen LogP contribution in [0.15, 0.2) is 35.2 Å². The summed E-state index contributed by atoms with van der Waals surface area (Å²) in [7, 11) is -3.60. The summed E-state index contributed by atoms with van der Waals surface area (Å²) in [5, 5.41) is 2.52. The molecule has 0 spiro atoms. The smallest absolute Gasteiger partial charge is 0.388 e. The molecule has 0 amide bonds. The average Bonchev–Trinajstić information content (AvgIpc) is 2.44. The van der Waals surface area contributed by atoms with Crippen LogP contribution in [0.2, 0.25) is 0 Å². The number of hydrogen-bond acceptors (Lipinski definition) is 6. The summed E-state index contributed by atoms with van der Waals surface area (Å²) in [4.78, 5) is 7.78. The van der Waals surface area contributed by atoms with Gasteiger partial charge in [0.2, 0.25) is 11.8 Å². The third-order valence-corrected chi connectivity index (χ3v) is 4.36. The third-order valence-electron chi connectivity index (χ3n) is 2.84. The van der Waals surface area contributed by atoms with Gasteiger partial charge in [-0.1, -0.05) is 17.7 Å². The van der Waals surface area contributed by atoms with Crippen molar-refractivity contribution in [2.45, 2.75) is 25.4 Å². The first-order chi connectivity index (χ1) is 10.8. The number of alkyl halides is 2. The van der Waals surface area contributed by atoms with Crippen molar-refractivity contribution < 1.29 is 21.9 Å². The van der Waals surface area contributed by atoms with Crippen molar-refractivity contribution in [3.05, 3.63) is 41.6 Å². The Bertz CT molecular complexity index is 780. The van der Waals surface area contributed by atoms with Crippen LogP contribution in [0.1, 0.15) is 11.3 Å². The van der Waals surface area contributed by atoms with Crippen molar-refractivity contribution >= 4 is 15.8 Å². The molecule has 0 atom stereocenters. The molecule has 1 aromatic carbocycles. The lowest BCUT2D eigenvalue weighted by Gasteiger charge is -2.09. The molecular weight excluding hydrogens is 328 g/mol. The number of halogens is 2. The summed E-state index contributed by atoms with van der Waals surface area (Å²) >= 11 is 0. The van der Waals surface area contributed by atoms with Crippen LogP contribution in [0.25, 0.3) is 0 Å². The molecule has 23 heavy (non-hydrogen) atoms. The van der Waals surface area contributed by atoms with Gasteiger partial charge in [-0.15, -0.1) is 0 Å². The van der Waals surface area contributed by atoms with Gasteiger partial charge in [0.1, 0.15) is 5.88 Å². The lowest BCUT2D eigenvalue weighted by atomic mass is 10.2. The van der Waals surface area contributed by atoms with Gasteiger partial charge in [-0.2, -0.15) is 13.8 Å². The van der Waals surface area contributed by atoms with Gasteiger partial charge in [0.15, 0.2) is 9.84 Å². The first kappa shape index (κ1) is 17.1. The van der Waals surface area contributed by atoms with Gasteiger partial charge in [0.05, 0.1) is 4.90 Å². The van der Waals surface area contributed by atoms with Gasteiger partial charge >= 0.3 is 6.61 Å². The predicted octanol–water partition coefficient (Wildman–Crippen LogP) is 2.54. The Morgan fingerprint density at radius 2 is 1.83 bits per heavy atom. The monoisotopic (exact) mass is 343 g/mol. The maximum Gasteiger partial charge on any atom is 0.388 e. The fourth-order valence-electron chi connectivity index (χ4n) is 1.76. The molecule has 0 saturated heterocycles. The van der Waals surface area contributed by atoms with Crippen molar-refractivity contribution in [3.63, 3.8) is 0 Å². The fourth-order valence-corrected chi connectivity index (χ4v) is 2.80. The molecule has 0 bridgehead atoms. The zero-order chi connectivity index (χ0) is 17.0. The minimum absolute atomic E-state index is 0.101. The minimum atomic E-state index is -3.60. The van der Waals surface area contributed by atoms with Gasteiger partial charge in [-0.05, 0) is 26.0 Å². The first-order valence-corrected chi connectivity index (χ1v) is 8.25. The normalized spacial score (nSPS) is 11.5. The van der Waals surface area contributed by atoms with Crippen LogP contribution in [-0.2, 0) is 9.84 Å². The zero-order valence-corrected chi connectivity index (χ0v) is 13.3. The second-order valence-electron chi connectivity index (χ2n) is 4.80. The highest BCUT2D eigenvalue weighted by Crippen LogP contribution is 2.16. The summed E-state index contributed by atoms with van der Waals surface area (Å²) < 4.78 is 53.0. The Morgan fingerprint density at radius 1 is 1.17 bits per heavy atom. The van der Waals surface area contributed by atoms with Gasteiger partial charge < -0.3 is 10.1 Å². The molecule has 1 N–H and O–H groups in total. The quantitative estimate of drug-likeness (QED) is 0.868. The van der Waals surface area contributed by atoms with Gasteiger partial charge in [0, 0.05) is 11.8 Å². The number of ether oxygens (including phenoxy) is 1. The van der Waals surface area contributed by atoms with E-state index < -0.39 is 22.3 Å². The third kappa shape index (κ3) is 4.85. The van der Waals surface area contributed by atoms with Gasteiger partial charge in [-0.3, -0.25) is 0 Å². The van der Waals surface area contributed by atoms with Crippen LogP contribution >= 0.6 is 0 Å². The molecule has 0 unspecified atom stereocenters. The highest BCUT2D eigenvalue weighted by Gasteiger charge is 2.15. The molecule has 124 valence electrons. The van der Waals surface area contributed by atoms with Crippen LogP contribution in [0.5, 0.6) is 5.88 Å². The molecule has 6 nitrogen and oxygen atoms in total. The van der Waals surface area contributed by atoms with Gasteiger partial charge in [0.25, 0.3) is 0 Å². The Balaban J connectivity index is 2.13. The minimum Gasteiger partial charge on any atom is -0.417 e. The number of aryl methyl sites for hydroxylation is 2. The highest BCUT2D eigenvalue weighted by molar-refractivity contribution is 7.91. The van der Waals surface area contributed by atoms with Crippen molar-refractivity contribution in [1.29, 1.82) is 0 Å². The molecule has 2 rings (SSSR count). The lowest BCUT2D eigenvalue weighted by Crippen LogP contribution is -2.17. The van der Waals surface area contributed by atoms with E-state index in [1.54, 1.807) is 19.1 Å². The van der Waals surface area contributed by atoms with Crippen molar-refractivity contribution in [2.24, 2.45) is 0 Å². The number of hydrogen-bond donors (Lipinski definition) is 1. The van der Waals surface area contributed by atoms with Crippen LogP contribution in [0, 0.1) is 13.8 Å². The number of benzene rings is 1. The van der Waals surface area contributed by atoms with Crippen molar-refractivity contribution in [3.8, 4) is 5.88 Å². The second-order valence-corrected chi connectivity index (χ2v) is 6.79. The number of aromatic nitrogens is 2. The molecule has 1 heterocycles. The molecule has 0 fully saturated rings. The number of anilines is 1. The molecule has 0 aliphatic carbocycles. The van der Waals surface area contributed by atoms with Crippen molar-refractivity contribution in [1.82, 2.24) is 9.97 Å².